The Morgan fingerprint density at radius 3 is 2.62 bits per heavy atom. The number of hydrogen-bond acceptors (Lipinski definition) is 5. The fraction of sp³-hybridized carbons (Fsp3) is 0.429. The van der Waals surface area contributed by atoms with Crippen LogP contribution in [0.15, 0.2) is 11.0 Å². The Bertz CT molecular complexity index is 748. The Hall–Kier alpha value is -2.02. The number of nitrogens with zero attached hydrogens (tertiary/aromatic N) is 3. The zero-order valence-corrected chi connectivity index (χ0v) is 13.2. The first-order valence-corrected chi connectivity index (χ1v) is 7.35. The molecule has 0 radical (unpaired) electrons. The van der Waals surface area contributed by atoms with Gasteiger partial charge >= 0.3 is 11.7 Å². The van der Waals surface area contributed by atoms with Gasteiger partial charge in [-0.3, -0.25) is 9.36 Å². The summed E-state index contributed by atoms with van der Waals surface area (Å²) in [6.45, 7) is 7.28. The summed E-state index contributed by atoms with van der Waals surface area (Å²) in [4.78, 5) is 32.6. The zero-order valence-electron chi connectivity index (χ0n) is 12.4. The molecule has 0 fully saturated rings. The summed E-state index contributed by atoms with van der Waals surface area (Å²) in [6.07, 6.45) is 1.75. The minimum absolute atomic E-state index is 0.315. The van der Waals surface area contributed by atoms with E-state index in [2.05, 4.69) is 9.97 Å². The van der Waals surface area contributed by atoms with Gasteiger partial charge in [0.1, 0.15) is 5.01 Å². The summed E-state index contributed by atoms with van der Waals surface area (Å²) in [5, 5.41) is 10.0. The molecule has 0 aliphatic heterocycles. The molecule has 0 amide bonds. The highest BCUT2D eigenvalue weighted by Crippen LogP contribution is 2.22. The summed E-state index contributed by atoms with van der Waals surface area (Å²) in [6, 6.07) is 0. The van der Waals surface area contributed by atoms with Crippen LogP contribution in [0.2, 0.25) is 0 Å². The van der Waals surface area contributed by atoms with Gasteiger partial charge in [-0.25, -0.2) is 9.78 Å². The Morgan fingerprint density at radius 2 is 2.10 bits per heavy atom. The molecular formula is C14H17N3O3S. The molecule has 21 heavy (non-hydrogen) atoms. The molecule has 0 aromatic carbocycles. The number of carboxylic acid groups (broad SMARTS) is 1. The van der Waals surface area contributed by atoms with E-state index < -0.39 is 11.9 Å². The van der Waals surface area contributed by atoms with E-state index in [1.807, 2.05) is 6.92 Å². The third kappa shape index (κ3) is 3.02. The van der Waals surface area contributed by atoms with Crippen molar-refractivity contribution in [3.63, 3.8) is 0 Å². The van der Waals surface area contributed by atoms with E-state index in [-0.39, 0.29) is 5.69 Å². The smallest absolute Gasteiger partial charge is 0.348 e. The van der Waals surface area contributed by atoms with Crippen molar-refractivity contribution in [1.82, 2.24) is 14.5 Å². The van der Waals surface area contributed by atoms with Gasteiger partial charge in [0.05, 0.1) is 12.5 Å². The topological polar surface area (TPSA) is 85.1 Å². The lowest BCUT2D eigenvalue weighted by molar-refractivity contribution is -0.138. The van der Waals surface area contributed by atoms with Crippen molar-refractivity contribution < 1.29 is 9.90 Å². The molecule has 0 saturated carbocycles. The van der Waals surface area contributed by atoms with Crippen LogP contribution in [0.3, 0.4) is 0 Å². The third-order valence-electron chi connectivity index (χ3n) is 3.44. The Morgan fingerprint density at radius 1 is 1.43 bits per heavy atom. The summed E-state index contributed by atoms with van der Waals surface area (Å²) in [5.41, 5.74) is 1.32. The monoisotopic (exact) mass is 307 g/mol. The highest BCUT2D eigenvalue weighted by Gasteiger charge is 2.22. The third-order valence-corrected chi connectivity index (χ3v) is 4.34. The lowest BCUT2D eigenvalue weighted by atomic mass is 9.98. The van der Waals surface area contributed by atoms with Crippen LogP contribution >= 0.6 is 11.3 Å². The van der Waals surface area contributed by atoms with Gasteiger partial charge in [-0.2, -0.15) is 4.98 Å². The van der Waals surface area contributed by atoms with Crippen molar-refractivity contribution in [3.05, 3.63) is 43.5 Å². The number of aryl methyl sites for hydroxylation is 2. The van der Waals surface area contributed by atoms with Crippen LogP contribution in [-0.4, -0.2) is 25.6 Å². The van der Waals surface area contributed by atoms with Gasteiger partial charge in [-0.1, -0.05) is 0 Å². The molecule has 0 saturated heterocycles. The Labute approximate surface area is 126 Å². The fourth-order valence-electron chi connectivity index (χ4n) is 2.36. The van der Waals surface area contributed by atoms with E-state index in [1.54, 1.807) is 27.0 Å². The fourth-order valence-corrected chi connectivity index (χ4v) is 3.14. The number of carbonyl (C=O) groups is 1. The molecule has 6 nitrogen and oxygen atoms in total. The van der Waals surface area contributed by atoms with Crippen LogP contribution in [0, 0.1) is 20.8 Å². The molecule has 0 aliphatic rings. The number of rotatable bonds is 4. The number of thiazole rings is 1. The molecule has 7 heteroatoms. The van der Waals surface area contributed by atoms with Crippen molar-refractivity contribution in [3.8, 4) is 0 Å². The van der Waals surface area contributed by atoms with Crippen LogP contribution in [-0.2, 0) is 11.3 Å². The molecule has 2 rings (SSSR count). The molecule has 2 aromatic heterocycles. The van der Waals surface area contributed by atoms with E-state index in [4.69, 9.17) is 0 Å². The van der Waals surface area contributed by atoms with E-state index in [0.29, 0.717) is 23.5 Å². The predicted octanol–water partition coefficient (Wildman–Crippen LogP) is 1.86. The first-order valence-electron chi connectivity index (χ1n) is 6.53. The van der Waals surface area contributed by atoms with E-state index in [9.17, 15) is 14.7 Å². The van der Waals surface area contributed by atoms with Crippen LogP contribution in [0.1, 0.15) is 39.7 Å². The van der Waals surface area contributed by atoms with Crippen molar-refractivity contribution >= 4 is 17.3 Å². The van der Waals surface area contributed by atoms with Gasteiger partial charge in [-0.15, -0.1) is 11.3 Å². The average Bonchev–Trinajstić information content (AvgIpc) is 2.79. The number of carboxylic acids is 1. The second-order valence-electron chi connectivity index (χ2n) is 4.99. The van der Waals surface area contributed by atoms with Crippen molar-refractivity contribution in [2.24, 2.45) is 0 Å². The molecule has 1 atom stereocenters. The molecular weight excluding hydrogens is 290 g/mol. The van der Waals surface area contributed by atoms with Crippen molar-refractivity contribution in [1.29, 1.82) is 0 Å². The molecule has 2 heterocycles. The summed E-state index contributed by atoms with van der Waals surface area (Å²) in [7, 11) is 0. The Kier molecular flexibility index (Phi) is 4.22. The average molecular weight is 307 g/mol. The highest BCUT2D eigenvalue weighted by atomic mass is 32.1. The molecule has 112 valence electrons. The first-order chi connectivity index (χ1) is 9.81. The van der Waals surface area contributed by atoms with Gasteiger partial charge in [-0.05, 0) is 27.7 Å². The number of aliphatic carboxylic acids is 1. The van der Waals surface area contributed by atoms with E-state index in [0.717, 1.165) is 9.88 Å². The largest absolute Gasteiger partial charge is 0.481 e. The van der Waals surface area contributed by atoms with E-state index >= 15 is 0 Å². The van der Waals surface area contributed by atoms with Gasteiger partial charge < -0.3 is 5.11 Å². The van der Waals surface area contributed by atoms with Gasteiger partial charge in [0.25, 0.3) is 0 Å². The van der Waals surface area contributed by atoms with Crippen molar-refractivity contribution in [2.75, 3.05) is 0 Å². The zero-order chi connectivity index (χ0) is 15.7. The standard InChI is InChI=1S/C14H17N3O3S/c1-7-5-15-11(21-7)6-17-10(4)12(8(2)13(18)19)9(3)16-14(17)20/h5,8H,6H2,1-4H3,(H,18,19). The van der Waals surface area contributed by atoms with Crippen LogP contribution in [0.5, 0.6) is 0 Å². The highest BCUT2D eigenvalue weighted by molar-refractivity contribution is 7.11. The van der Waals surface area contributed by atoms with Crippen LogP contribution in [0.4, 0.5) is 0 Å². The molecule has 0 bridgehead atoms. The molecule has 0 aliphatic carbocycles. The quantitative estimate of drug-likeness (QED) is 0.932. The lowest BCUT2D eigenvalue weighted by Crippen LogP contribution is -2.29. The second kappa shape index (κ2) is 5.77. The number of aromatic nitrogens is 3. The second-order valence-corrected chi connectivity index (χ2v) is 6.31. The first kappa shape index (κ1) is 15.4. The van der Waals surface area contributed by atoms with E-state index in [1.165, 1.54) is 15.9 Å². The SMILES string of the molecule is Cc1cnc(Cn2c(C)c(C(C)C(=O)O)c(C)nc2=O)s1. The molecule has 1 N–H and O–H groups in total. The van der Waals surface area contributed by atoms with Crippen LogP contribution < -0.4 is 5.69 Å². The van der Waals surface area contributed by atoms with Gasteiger partial charge in [0.2, 0.25) is 0 Å². The molecule has 0 spiro atoms. The maximum atomic E-state index is 12.1. The number of hydrogen-bond donors (Lipinski definition) is 1. The maximum Gasteiger partial charge on any atom is 0.348 e. The normalized spacial score (nSPS) is 12.4. The summed E-state index contributed by atoms with van der Waals surface area (Å²) >= 11 is 1.51. The van der Waals surface area contributed by atoms with Gasteiger partial charge in [0.15, 0.2) is 0 Å². The minimum Gasteiger partial charge on any atom is -0.481 e. The van der Waals surface area contributed by atoms with Crippen LogP contribution in [0.25, 0.3) is 0 Å². The molecule has 1 unspecified atom stereocenters. The minimum atomic E-state index is -0.932. The predicted molar refractivity (Wildman–Crippen MR) is 80.0 cm³/mol. The maximum absolute atomic E-state index is 12.1. The van der Waals surface area contributed by atoms with Crippen molar-refractivity contribution in [2.45, 2.75) is 40.2 Å². The lowest BCUT2D eigenvalue weighted by Gasteiger charge is -2.17. The summed E-state index contributed by atoms with van der Waals surface area (Å²) < 4.78 is 1.49. The summed E-state index contributed by atoms with van der Waals surface area (Å²) in [5.74, 6) is -1.64. The van der Waals surface area contributed by atoms with Gasteiger partial charge in [0, 0.05) is 28.0 Å². The molecule has 2 aromatic rings. The Balaban J connectivity index is 2.53.